The third-order valence-electron chi connectivity index (χ3n) is 2.70. The minimum absolute atomic E-state index is 0.121. The highest BCUT2D eigenvalue weighted by Gasteiger charge is 2.16. The molecule has 0 unspecified atom stereocenters. The first-order valence-corrected chi connectivity index (χ1v) is 6.28. The van der Waals surface area contributed by atoms with Gasteiger partial charge in [0.1, 0.15) is 6.33 Å². The van der Waals surface area contributed by atoms with Crippen molar-refractivity contribution in [2.24, 2.45) is 5.73 Å². The number of benzene rings is 1. The lowest BCUT2D eigenvalue weighted by molar-refractivity contribution is -0.117. The molecule has 20 heavy (non-hydrogen) atoms. The van der Waals surface area contributed by atoms with Crippen LogP contribution >= 0.6 is 0 Å². The molecule has 2 aromatic rings. The second kappa shape index (κ2) is 5.38. The van der Waals surface area contributed by atoms with Gasteiger partial charge in [-0.3, -0.25) is 4.79 Å². The predicted molar refractivity (Wildman–Crippen MR) is 75.4 cm³/mol. The molecular formula is C13H18N6O. The second-order valence-electron chi connectivity index (χ2n) is 5.47. The minimum atomic E-state index is -0.534. The van der Waals surface area contributed by atoms with Crippen LogP contribution in [0.25, 0.3) is 5.69 Å². The summed E-state index contributed by atoms with van der Waals surface area (Å²) in [6.45, 7) is 5.58. The van der Waals surface area contributed by atoms with Crippen LogP contribution in [-0.2, 0) is 4.79 Å². The Labute approximate surface area is 117 Å². The number of aryl methyl sites for hydroxylation is 1. The summed E-state index contributed by atoms with van der Waals surface area (Å²) in [6, 6.07) is 5.57. The van der Waals surface area contributed by atoms with Crippen molar-refractivity contribution in [1.82, 2.24) is 20.2 Å². The molecule has 0 aliphatic rings. The molecule has 0 atom stereocenters. The number of carbonyl (C=O) groups excluding carboxylic acids is 1. The zero-order valence-electron chi connectivity index (χ0n) is 11.8. The summed E-state index contributed by atoms with van der Waals surface area (Å²) in [7, 11) is 0. The van der Waals surface area contributed by atoms with E-state index in [0.29, 0.717) is 5.69 Å². The van der Waals surface area contributed by atoms with Crippen LogP contribution in [0.4, 0.5) is 5.69 Å². The predicted octanol–water partition coefficient (Wildman–Crippen LogP) is 1.04. The molecule has 3 N–H and O–H groups in total. The number of nitrogens with two attached hydrogens (primary N) is 1. The summed E-state index contributed by atoms with van der Waals surface area (Å²) in [5.41, 5.74) is 7.81. The third kappa shape index (κ3) is 3.61. The third-order valence-corrected chi connectivity index (χ3v) is 2.70. The molecule has 1 heterocycles. The molecule has 2 rings (SSSR count). The molecule has 0 aliphatic heterocycles. The second-order valence-corrected chi connectivity index (χ2v) is 5.47. The summed E-state index contributed by atoms with van der Waals surface area (Å²) >= 11 is 0. The first kappa shape index (κ1) is 14.1. The standard InChI is InChI=1S/C13H18N6O/c1-9-4-5-10(16-12(20)7-13(2,3)14)6-11(9)19-8-15-17-18-19/h4-6,8H,7,14H2,1-3H3,(H,16,20). The molecule has 1 aromatic heterocycles. The van der Waals surface area contributed by atoms with Crippen LogP contribution in [0.3, 0.4) is 0 Å². The molecule has 7 nitrogen and oxygen atoms in total. The number of hydrogen-bond acceptors (Lipinski definition) is 5. The summed E-state index contributed by atoms with van der Waals surface area (Å²) in [4.78, 5) is 11.9. The molecule has 0 radical (unpaired) electrons. The lowest BCUT2D eigenvalue weighted by Gasteiger charge is -2.17. The van der Waals surface area contributed by atoms with Crippen LogP contribution < -0.4 is 11.1 Å². The van der Waals surface area contributed by atoms with E-state index in [1.165, 1.54) is 6.33 Å². The Morgan fingerprint density at radius 2 is 2.20 bits per heavy atom. The van der Waals surface area contributed by atoms with E-state index in [9.17, 15) is 4.79 Å². The summed E-state index contributed by atoms with van der Waals surface area (Å²) in [5, 5.41) is 13.9. The Bertz CT molecular complexity index is 600. The molecular weight excluding hydrogens is 256 g/mol. The maximum absolute atomic E-state index is 11.9. The van der Waals surface area contributed by atoms with Crippen molar-refractivity contribution in [1.29, 1.82) is 0 Å². The molecule has 0 aliphatic carbocycles. The summed E-state index contributed by atoms with van der Waals surface area (Å²) in [5.74, 6) is -0.121. The fourth-order valence-electron chi connectivity index (χ4n) is 1.82. The number of tetrazole rings is 1. The SMILES string of the molecule is Cc1ccc(NC(=O)CC(C)(C)N)cc1-n1cnnn1. The van der Waals surface area contributed by atoms with E-state index in [0.717, 1.165) is 11.3 Å². The van der Waals surface area contributed by atoms with Crippen molar-refractivity contribution >= 4 is 11.6 Å². The van der Waals surface area contributed by atoms with Crippen LogP contribution in [0.15, 0.2) is 24.5 Å². The Kier molecular flexibility index (Phi) is 3.80. The zero-order chi connectivity index (χ0) is 14.8. The Morgan fingerprint density at radius 1 is 1.45 bits per heavy atom. The van der Waals surface area contributed by atoms with Crippen LogP contribution in [-0.4, -0.2) is 31.7 Å². The lowest BCUT2D eigenvalue weighted by Crippen LogP contribution is -2.36. The number of carbonyl (C=O) groups is 1. The Hall–Kier alpha value is -2.28. The van der Waals surface area contributed by atoms with Gasteiger partial charge in [-0.15, -0.1) is 5.10 Å². The fraction of sp³-hybridized carbons (Fsp3) is 0.385. The molecule has 0 bridgehead atoms. The van der Waals surface area contributed by atoms with E-state index < -0.39 is 5.54 Å². The maximum Gasteiger partial charge on any atom is 0.226 e. The number of rotatable bonds is 4. The van der Waals surface area contributed by atoms with E-state index in [1.54, 1.807) is 4.68 Å². The average molecular weight is 274 g/mol. The van der Waals surface area contributed by atoms with E-state index in [4.69, 9.17) is 5.73 Å². The molecule has 0 saturated carbocycles. The quantitative estimate of drug-likeness (QED) is 0.867. The van der Waals surface area contributed by atoms with Gasteiger partial charge in [0.25, 0.3) is 0 Å². The highest BCUT2D eigenvalue weighted by Crippen LogP contribution is 2.19. The normalized spacial score (nSPS) is 11.4. The monoisotopic (exact) mass is 274 g/mol. The van der Waals surface area contributed by atoms with Gasteiger partial charge < -0.3 is 11.1 Å². The fourth-order valence-corrected chi connectivity index (χ4v) is 1.82. The molecule has 7 heteroatoms. The van der Waals surface area contributed by atoms with Crippen molar-refractivity contribution in [3.05, 3.63) is 30.1 Å². The topological polar surface area (TPSA) is 98.7 Å². The minimum Gasteiger partial charge on any atom is -0.326 e. The van der Waals surface area contributed by atoms with Crippen molar-refractivity contribution in [3.63, 3.8) is 0 Å². The van der Waals surface area contributed by atoms with E-state index in [1.807, 2.05) is 39.0 Å². The molecule has 106 valence electrons. The van der Waals surface area contributed by atoms with Gasteiger partial charge in [-0.1, -0.05) is 6.07 Å². The van der Waals surface area contributed by atoms with Gasteiger partial charge in [0, 0.05) is 17.6 Å². The van der Waals surface area contributed by atoms with Crippen molar-refractivity contribution in [2.45, 2.75) is 32.7 Å². The molecule has 0 fully saturated rings. The number of hydrogen-bond donors (Lipinski definition) is 2. The van der Waals surface area contributed by atoms with Gasteiger partial charge in [0.15, 0.2) is 0 Å². The van der Waals surface area contributed by atoms with E-state index in [-0.39, 0.29) is 12.3 Å². The smallest absolute Gasteiger partial charge is 0.226 e. The van der Waals surface area contributed by atoms with E-state index in [2.05, 4.69) is 20.8 Å². The highest BCUT2D eigenvalue weighted by molar-refractivity contribution is 5.91. The van der Waals surface area contributed by atoms with Gasteiger partial charge >= 0.3 is 0 Å². The van der Waals surface area contributed by atoms with Crippen molar-refractivity contribution in [3.8, 4) is 5.69 Å². The highest BCUT2D eigenvalue weighted by atomic mass is 16.1. The molecule has 0 spiro atoms. The van der Waals surface area contributed by atoms with Crippen LogP contribution in [0, 0.1) is 6.92 Å². The largest absolute Gasteiger partial charge is 0.326 e. The Morgan fingerprint density at radius 3 is 2.80 bits per heavy atom. The van der Waals surface area contributed by atoms with Crippen LogP contribution in [0.1, 0.15) is 25.8 Å². The van der Waals surface area contributed by atoms with Gasteiger partial charge in [0.2, 0.25) is 5.91 Å². The summed E-state index contributed by atoms with van der Waals surface area (Å²) in [6.07, 6.45) is 1.76. The maximum atomic E-state index is 11.9. The molecule has 1 amide bonds. The van der Waals surface area contributed by atoms with Crippen molar-refractivity contribution in [2.75, 3.05) is 5.32 Å². The zero-order valence-corrected chi connectivity index (χ0v) is 11.8. The first-order valence-electron chi connectivity index (χ1n) is 6.28. The van der Waals surface area contributed by atoms with Gasteiger partial charge in [0.05, 0.1) is 5.69 Å². The van der Waals surface area contributed by atoms with Crippen LogP contribution in [0.2, 0.25) is 0 Å². The summed E-state index contributed by atoms with van der Waals surface area (Å²) < 4.78 is 1.55. The van der Waals surface area contributed by atoms with Crippen LogP contribution in [0.5, 0.6) is 0 Å². The number of nitrogens with one attached hydrogen (secondary N) is 1. The lowest BCUT2D eigenvalue weighted by atomic mass is 10.0. The van der Waals surface area contributed by atoms with Gasteiger partial charge in [-0.05, 0) is 48.9 Å². The van der Waals surface area contributed by atoms with E-state index >= 15 is 0 Å². The average Bonchev–Trinajstić information content (AvgIpc) is 2.82. The van der Waals surface area contributed by atoms with Gasteiger partial charge in [-0.25, -0.2) is 4.68 Å². The first-order chi connectivity index (χ1) is 9.35. The molecule has 0 saturated heterocycles. The van der Waals surface area contributed by atoms with Gasteiger partial charge in [-0.2, -0.15) is 0 Å². The number of nitrogens with zero attached hydrogens (tertiary/aromatic N) is 4. The number of anilines is 1. The number of aromatic nitrogens is 4. The Balaban J connectivity index is 2.18. The number of amides is 1. The molecule has 1 aromatic carbocycles. The van der Waals surface area contributed by atoms with Crippen molar-refractivity contribution < 1.29 is 4.79 Å².